The molecule has 0 bridgehead atoms. The number of carbonyl (C=O) groups excluding carboxylic acids is 2. The maximum absolute atomic E-state index is 13.3. The molecule has 0 aromatic heterocycles. The monoisotopic (exact) mass is 495 g/mol. The second kappa shape index (κ2) is 12.5. The van der Waals surface area contributed by atoms with Crippen LogP contribution in [-0.2, 0) is 19.6 Å². The third kappa shape index (κ3) is 6.49. The lowest BCUT2D eigenvalue weighted by molar-refractivity contribution is -0.126. The molecular formula is C24H37N3O6S. The fourth-order valence-electron chi connectivity index (χ4n) is 4.40. The molecule has 0 radical (unpaired) electrons. The minimum atomic E-state index is -3.84. The van der Waals surface area contributed by atoms with Crippen LogP contribution in [-0.4, -0.2) is 82.5 Å². The van der Waals surface area contributed by atoms with Crippen LogP contribution in [0.1, 0.15) is 55.8 Å². The van der Waals surface area contributed by atoms with E-state index in [1.165, 1.54) is 23.5 Å². The van der Waals surface area contributed by atoms with E-state index in [2.05, 4.69) is 12.2 Å². The first kappa shape index (κ1) is 26.4. The van der Waals surface area contributed by atoms with Gasteiger partial charge in [-0.3, -0.25) is 9.59 Å². The Labute approximate surface area is 202 Å². The number of methoxy groups -OCH3 is 1. The van der Waals surface area contributed by atoms with Gasteiger partial charge in [-0.2, -0.15) is 4.31 Å². The summed E-state index contributed by atoms with van der Waals surface area (Å²) in [4.78, 5) is 27.5. The van der Waals surface area contributed by atoms with Gasteiger partial charge in [0.05, 0.1) is 26.2 Å². The van der Waals surface area contributed by atoms with Crippen molar-refractivity contribution in [2.75, 3.05) is 53.0 Å². The van der Waals surface area contributed by atoms with E-state index in [-0.39, 0.29) is 47.0 Å². The van der Waals surface area contributed by atoms with Gasteiger partial charge in [-0.15, -0.1) is 0 Å². The third-order valence-electron chi connectivity index (χ3n) is 6.41. The number of morpholine rings is 1. The van der Waals surface area contributed by atoms with Crippen molar-refractivity contribution >= 4 is 21.8 Å². The second-order valence-electron chi connectivity index (χ2n) is 8.82. The van der Waals surface area contributed by atoms with E-state index in [1.807, 2.05) is 0 Å². The van der Waals surface area contributed by atoms with Crippen molar-refractivity contribution in [3.8, 4) is 5.75 Å². The Morgan fingerprint density at radius 2 is 1.91 bits per heavy atom. The Morgan fingerprint density at radius 3 is 2.62 bits per heavy atom. The number of hydrogen-bond donors (Lipinski definition) is 1. The predicted octanol–water partition coefficient (Wildman–Crippen LogP) is 2.26. The van der Waals surface area contributed by atoms with Crippen LogP contribution in [0.2, 0.25) is 0 Å². The van der Waals surface area contributed by atoms with Crippen molar-refractivity contribution < 1.29 is 27.5 Å². The van der Waals surface area contributed by atoms with Crippen LogP contribution in [0.5, 0.6) is 5.75 Å². The molecule has 2 aliphatic heterocycles. The number of likely N-dealkylation sites (tertiary alicyclic amines) is 1. The van der Waals surface area contributed by atoms with Crippen LogP contribution >= 0.6 is 0 Å². The number of nitrogens with one attached hydrogen (secondary N) is 1. The summed E-state index contributed by atoms with van der Waals surface area (Å²) in [6.45, 7) is 4.84. The number of carbonyl (C=O) groups is 2. The zero-order valence-corrected chi connectivity index (χ0v) is 21.1. The number of amides is 2. The first-order valence-electron chi connectivity index (χ1n) is 12.2. The largest absolute Gasteiger partial charge is 0.495 e. The molecule has 2 saturated heterocycles. The highest BCUT2D eigenvalue weighted by Crippen LogP contribution is 2.29. The number of benzene rings is 1. The highest BCUT2D eigenvalue weighted by atomic mass is 32.2. The fourth-order valence-corrected chi connectivity index (χ4v) is 5.99. The summed E-state index contributed by atoms with van der Waals surface area (Å²) in [5.74, 6) is -0.346. The van der Waals surface area contributed by atoms with E-state index in [1.54, 1.807) is 11.0 Å². The summed E-state index contributed by atoms with van der Waals surface area (Å²) in [7, 11) is -2.43. The zero-order valence-electron chi connectivity index (χ0n) is 20.3. The topological polar surface area (TPSA) is 105 Å². The van der Waals surface area contributed by atoms with Gasteiger partial charge in [0.25, 0.3) is 5.91 Å². The number of hydrogen-bond acceptors (Lipinski definition) is 6. The Balaban J connectivity index is 1.70. The molecule has 2 heterocycles. The average Bonchev–Trinajstić information content (AvgIpc) is 2.88. The van der Waals surface area contributed by atoms with Crippen molar-refractivity contribution in [3.05, 3.63) is 23.8 Å². The van der Waals surface area contributed by atoms with Crippen molar-refractivity contribution in [1.82, 2.24) is 14.5 Å². The highest BCUT2D eigenvalue weighted by molar-refractivity contribution is 7.89. The van der Waals surface area contributed by atoms with E-state index < -0.39 is 10.0 Å². The number of ether oxygens (including phenoxy) is 2. The molecule has 0 saturated carbocycles. The lowest BCUT2D eigenvalue weighted by Gasteiger charge is -2.32. The molecule has 1 aromatic rings. The molecule has 1 atom stereocenters. The lowest BCUT2D eigenvalue weighted by Crippen LogP contribution is -2.45. The second-order valence-corrected chi connectivity index (χ2v) is 10.7. The third-order valence-corrected chi connectivity index (χ3v) is 8.33. The van der Waals surface area contributed by atoms with Crippen LogP contribution < -0.4 is 10.1 Å². The fraction of sp³-hybridized carbons (Fsp3) is 0.667. The summed E-state index contributed by atoms with van der Waals surface area (Å²) >= 11 is 0. The molecule has 10 heteroatoms. The highest BCUT2D eigenvalue weighted by Gasteiger charge is 2.32. The average molecular weight is 496 g/mol. The van der Waals surface area contributed by atoms with E-state index in [9.17, 15) is 18.0 Å². The molecular weight excluding hydrogens is 458 g/mol. The van der Waals surface area contributed by atoms with Crippen molar-refractivity contribution in [1.29, 1.82) is 0 Å². The maximum Gasteiger partial charge on any atom is 0.253 e. The van der Waals surface area contributed by atoms with Crippen LogP contribution in [0.3, 0.4) is 0 Å². The van der Waals surface area contributed by atoms with Crippen molar-refractivity contribution in [3.63, 3.8) is 0 Å². The van der Waals surface area contributed by atoms with Gasteiger partial charge in [0.1, 0.15) is 10.6 Å². The Kier molecular flexibility index (Phi) is 9.73. The van der Waals surface area contributed by atoms with Gasteiger partial charge < -0.3 is 19.7 Å². The van der Waals surface area contributed by atoms with Crippen molar-refractivity contribution in [2.24, 2.45) is 5.92 Å². The standard InChI is InChI=1S/C24H37N3O6S/c1-3-4-5-6-11-25-23(28)20-8-7-12-26(18-20)24(29)19-9-10-21(32-2)22(17-19)34(30,31)27-13-15-33-16-14-27/h9-10,17,20H,3-8,11-16,18H2,1-2H3,(H,25,28). The quantitative estimate of drug-likeness (QED) is 0.499. The lowest BCUT2D eigenvalue weighted by atomic mass is 9.96. The number of sulfonamides is 1. The SMILES string of the molecule is CCCCCCNC(=O)C1CCCN(C(=O)c2ccc(OC)c(S(=O)(=O)N3CCOCC3)c2)C1. The first-order valence-corrected chi connectivity index (χ1v) is 13.7. The molecule has 0 aliphatic carbocycles. The summed E-state index contributed by atoms with van der Waals surface area (Å²) in [6, 6.07) is 4.49. The minimum Gasteiger partial charge on any atom is -0.495 e. The van der Waals surface area contributed by atoms with Gasteiger partial charge in [-0.1, -0.05) is 26.2 Å². The van der Waals surface area contributed by atoms with E-state index >= 15 is 0 Å². The molecule has 1 N–H and O–H groups in total. The molecule has 3 rings (SSSR count). The Morgan fingerprint density at radius 1 is 1.15 bits per heavy atom. The number of rotatable bonds is 10. The molecule has 2 aliphatic rings. The summed E-state index contributed by atoms with van der Waals surface area (Å²) in [6.07, 6.45) is 5.83. The molecule has 34 heavy (non-hydrogen) atoms. The molecule has 1 unspecified atom stereocenters. The zero-order chi connectivity index (χ0) is 24.6. The summed E-state index contributed by atoms with van der Waals surface area (Å²) < 4.78 is 38.4. The van der Waals surface area contributed by atoms with Gasteiger partial charge in [0, 0.05) is 38.3 Å². The first-order chi connectivity index (χ1) is 16.4. The van der Waals surface area contributed by atoms with Gasteiger partial charge in [-0.05, 0) is 37.5 Å². The molecule has 2 fully saturated rings. The number of piperidine rings is 1. The van der Waals surface area contributed by atoms with E-state index in [4.69, 9.17) is 9.47 Å². The normalized spacial score (nSPS) is 19.6. The Hall–Kier alpha value is -2.17. The van der Waals surface area contributed by atoms with E-state index in [0.717, 1.165) is 38.5 Å². The summed E-state index contributed by atoms with van der Waals surface area (Å²) in [5, 5.41) is 3.00. The minimum absolute atomic E-state index is 0.0145. The number of nitrogens with zero attached hydrogens (tertiary/aromatic N) is 2. The summed E-state index contributed by atoms with van der Waals surface area (Å²) in [5.41, 5.74) is 0.272. The van der Waals surface area contributed by atoms with Crippen LogP contribution in [0, 0.1) is 5.92 Å². The predicted molar refractivity (Wildman–Crippen MR) is 128 cm³/mol. The Bertz CT molecular complexity index is 946. The van der Waals surface area contributed by atoms with Crippen LogP contribution in [0.25, 0.3) is 0 Å². The van der Waals surface area contributed by atoms with Gasteiger partial charge >= 0.3 is 0 Å². The molecule has 2 amide bonds. The molecule has 0 spiro atoms. The van der Waals surface area contributed by atoms with Gasteiger partial charge in [-0.25, -0.2) is 8.42 Å². The smallest absolute Gasteiger partial charge is 0.253 e. The van der Waals surface area contributed by atoms with Crippen molar-refractivity contribution in [2.45, 2.75) is 50.3 Å². The van der Waals surface area contributed by atoms with Gasteiger partial charge in [0.15, 0.2) is 0 Å². The van der Waals surface area contributed by atoms with Crippen LogP contribution in [0.15, 0.2) is 23.1 Å². The van der Waals surface area contributed by atoms with E-state index in [0.29, 0.717) is 32.8 Å². The maximum atomic E-state index is 13.3. The van der Waals surface area contributed by atoms with Crippen LogP contribution in [0.4, 0.5) is 0 Å². The molecule has 1 aromatic carbocycles. The number of unbranched alkanes of at least 4 members (excludes halogenated alkanes) is 3. The molecule has 190 valence electrons. The van der Waals surface area contributed by atoms with Gasteiger partial charge in [0.2, 0.25) is 15.9 Å². The molecule has 9 nitrogen and oxygen atoms in total.